The van der Waals surface area contributed by atoms with Gasteiger partial charge in [-0.05, 0) is 30.7 Å². The molecule has 4 rings (SSSR count). The van der Waals surface area contributed by atoms with Crippen LogP contribution in [-0.4, -0.2) is 57.3 Å². The fourth-order valence-corrected chi connectivity index (χ4v) is 3.83. The zero-order valence-corrected chi connectivity index (χ0v) is 17.3. The Morgan fingerprint density at radius 2 is 1.71 bits per heavy atom. The highest BCUT2D eigenvalue weighted by Crippen LogP contribution is 2.14. The minimum absolute atomic E-state index is 0.0423. The Morgan fingerprint density at radius 1 is 1.00 bits per heavy atom. The van der Waals surface area contributed by atoms with Crippen molar-refractivity contribution in [2.75, 3.05) is 26.2 Å². The van der Waals surface area contributed by atoms with Gasteiger partial charge in [-0.1, -0.05) is 24.3 Å². The predicted octanol–water partition coefficient (Wildman–Crippen LogP) is 2.22. The predicted molar refractivity (Wildman–Crippen MR) is 114 cm³/mol. The first-order chi connectivity index (χ1) is 15.0. The third-order valence-electron chi connectivity index (χ3n) is 5.65. The lowest BCUT2D eigenvalue weighted by Crippen LogP contribution is -2.50. The Balaban J connectivity index is 1.35. The van der Waals surface area contributed by atoms with E-state index in [4.69, 9.17) is 0 Å². The van der Waals surface area contributed by atoms with Crippen molar-refractivity contribution in [1.29, 1.82) is 0 Å². The minimum Gasteiger partial charge on any atom is -0.339 e. The van der Waals surface area contributed by atoms with Gasteiger partial charge in [0.15, 0.2) is 0 Å². The summed E-state index contributed by atoms with van der Waals surface area (Å²) in [5.74, 6) is -1.00. The summed E-state index contributed by atoms with van der Waals surface area (Å²) in [5, 5.41) is 0.537. The van der Waals surface area contributed by atoms with E-state index in [0.29, 0.717) is 37.1 Å². The number of aromatic nitrogens is 2. The van der Waals surface area contributed by atoms with Crippen molar-refractivity contribution in [3.63, 3.8) is 0 Å². The third kappa shape index (κ3) is 4.19. The smallest absolute Gasteiger partial charge is 0.261 e. The number of hydrogen-bond donors (Lipinski definition) is 0. The monoisotopic (exact) mass is 422 g/mol. The maximum Gasteiger partial charge on any atom is 0.261 e. The largest absolute Gasteiger partial charge is 0.339 e. The summed E-state index contributed by atoms with van der Waals surface area (Å²) < 4.78 is 15.3. The standard InChI is InChI=1S/C23H23FN4O3/c1-16-5-4-7-18-21(16)25-15-28(23(18)31)10-9-20(29)26-11-13-27(14-12-26)22(30)17-6-2-3-8-19(17)24/h2-8,15H,9-14H2,1H3. The Hall–Kier alpha value is -3.55. The minimum atomic E-state index is -0.546. The van der Waals surface area contributed by atoms with Gasteiger partial charge in [-0.3, -0.25) is 19.0 Å². The number of nitrogens with zero attached hydrogens (tertiary/aromatic N) is 4. The van der Waals surface area contributed by atoms with E-state index in [0.717, 1.165) is 5.56 Å². The third-order valence-corrected chi connectivity index (χ3v) is 5.65. The van der Waals surface area contributed by atoms with Gasteiger partial charge in [0, 0.05) is 39.1 Å². The molecule has 1 aliphatic heterocycles. The van der Waals surface area contributed by atoms with Gasteiger partial charge in [0.05, 0.1) is 22.8 Å². The summed E-state index contributed by atoms with van der Waals surface area (Å²) in [6.07, 6.45) is 1.65. The van der Waals surface area contributed by atoms with Gasteiger partial charge in [0.25, 0.3) is 11.5 Å². The molecule has 0 unspecified atom stereocenters. The summed E-state index contributed by atoms with van der Waals surface area (Å²) in [5.41, 5.74) is 1.48. The van der Waals surface area contributed by atoms with Crippen LogP contribution in [0.25, 0.3) is 10.9 Å². The van der Waals surface area contributed by atoms with Crippen molar-refractivity contribution < 1.29 is 14.0 Å². The Bertz CT molecular complexity index is 1200. The number of carbonyl (C=O) groups excluding carboxylic acids is 2. The number of benzene rings is 2. The molecular formula is C23H23FN4O3. The van der Waals surface area contributed by atoms with Crippen LogP contribution in [0.15, 0.2) is 53.6 Å². The quantitative estimate of drug-likeness (QED) is 0.646. The molecule has 0 aliphatic carbocycles. The van der Waals surface area contributed by atoms with Crippen LogP contribution in [0, 0.1) is 12.7 Å². The molecule has 0 N–H and O–H groups in total. The van der Waals surface area contributed by atoms with Crippen LogP contribution >= 0.6 is 0 Å². The molecule has 1 aliphatic rings. The average Bonchev–Trinajstić information content (AvgIpc) is 2.79. The summed E-state index contributed by atoms with van der Waals surface area (Å²) in [4.78, 5) is 45.4. The Labute approximate surface area is 178 Å². The van der Waals surface area contributed by atoms with Gasteiger partial charge in [-0.15, -0.1) is 0 Å². The van der Waals surface area contributed by atoms with Crippen LogP contribution in [0.5, 0.6) is 0 Å². The summed E-state index contributed by atoms with van der Waals surface area (Å²) in [6.45, 7) is 3.58. The lowest BCUT2D eigenvalue weighted by atomic mass is 10.1. The number of carbonyl (C=O) groups is 2. The number of hydrogen-bond acceptors (Lipinski definition) is 4. The second-order valence-corrected chi connectivity index (χ2v) is 7.62. The molecule has 2 heterocycles. The van der Waals surface area contributed by atoms with E-state index in [9.17, 15) is 18.8 Å². The van der Waals surface area contributed by atoms with Crippen LogP contribution in [0.2, 0.25) is 0 Å². The van der Waals surface area contributed by atoms with Crippen molar-refractivity contribution in [3.05, 3.63) is 76.1 Å². The molecule has 1 saturated heterocycles. The Morgan fingerprint density at radius 3 is 2.45 bits per heavy atom. The maximum absolute atomic E-state index is 13.9. The van der Waals surface area contributed by atoms with Crippen LogP contribution in [-0.2, 0) is 11.3 Å². The van der Waals surface area contributed by atoms with Gasteiger partial charge < -0.3 is 9.80 Å². The first kappa shape index (κ1) is 20.7. The highest BCUT2D eigenvalue weighted by molar-refractivity contribution is 5.94. The molecule has 0 bridgehead atoms. The van der Waals surface area contributed by atoms with Crippen molar-refractivity contribution in [2.24, 2.45) is 0 Å². The molecule has 2 amide bonds. The first-order valence-corrected chi connectivity index (χ1v) is 10.2. The van der Waals surface area contributed by atoms with E-state index in [1.807, 2.05) is 19.1 Å². The van der Waals surface area contributed by atoms with Gasteiger partial charge in [0.2, 0.25) is 5.91 Å². The average molecular weight is 422 g/mol. The van der Waals surface area contributed by atoms with E-state index in [1.54, 1.807) is 28.0 Å². The Kier molecular flexibility index (Phi) is 5.79. The molecule has 8 heteroatoms. The maximum atomic E-state index is 13.9. The number of aryl methyl sites for hydroxylation is 2. The zero-order valence-electron chi connectivity index (χ0n) is 17.3. The summed E-state index contributed by atoms with van der Waals surface area (Å²) >= 11 is 0. The van der Waals surface area contributed by atoms with E-state index in [2.05, 4.69) is 4.98 Å². The van der Waals surface area contributed by atoms with Crippen LogP contribution < -0.4 is 5.56 Å². The number of para-hydroxylation sites is 1. The fraction of sp³-hybridized carbons (Fsp3) is 0.304. The lowest BCUT2D eigenvalue weighted by molar-refractivity contribution is -0.132. The molecule has 0 atom stereocenters. The van der Waals surface area contributed by atoms with Crippen LogP contribution in [0.1, 0.15) is 22.3 Å². The van der Waals surface area contributed by atoms with Crippen LogP contribution in [0.4, 0.5) is 4.39 Å². The number of rotatable bonds is 4. The van der Waals surface area contributed by atoms with E-state index >= 15 is 0 Å². The molecule has 7 nitrogen and oxygen atoms in total. The molecule has 3 aromatic rings. The second kappa shape index (κ2) is 8.67. The molecule has 160 valence electrons. The van der Waals surface area contributed by atoms with Gasteiger partial charge >= 0.3 is 0 Å². The number of piperazine rings is 1. The van der Waals surface area contributed by atoms with Gasteiger partial charge in [-0.2, -0.15) is 0 Å². The van der Waals surface area contributed by atoms with Gasteiger partial charge in [-0.25, -0.2) is 9.37 Å². The zero-order chi connectivity index (χ0) is 22.0. The lowest BCUT2D eigenvalue weighted by Gasteiger charge is -2.35. The molecule has 0 spiro atoms. The topological polar surface area (TPSA) is 75.5 Å². The molecule has 2 aromatic carbocycles. The van der Waals surface area contributed by atoms with Crippen molar-refractivity contribution in [1.82, 2.24) is 19.4 Å². The molecular weight excluding hydrogens is 399 g/mol. The van der Waals surface area contributed by atoms with E-state index in [1.165, 1.54) is 23.0 Å². The number of halogens is 1. The van der Waals surface area contributed by atoms with Crippen molar-refractivity contribution in [3.8, 4) is 0 Å². The molecule has 1 aromatic heterocycles. The van der Waals surface area contributed by atoms with E-state index < -0.39 is 5.82 Å². The molecule has 0 radical (unpaired) electrons. The first-order valence-electron chi connectivity index (χ1n) is 10.2. The summed E-state index contributed by atoms with van der Waals surface area (Å²) in [6, 6.07) is 11.4. The number of fused-ring (bicyclic) bond motifs is 1. The fourth-order valence-electron chi connectivity index (χ4n) is 3.83. The molecule has 0 saturated carbocycles. The highest BCUT2D eigenvalue weighted by Gasteiger charge is 2.26. The molecule has 31 heavy (non-hydrogen) atoms. The molecule has 1 fully saturated rings. The number of amides is 2. The highest BCUT2D eigenvalue weighted by atomic mass is 19.1. The summed E-state index contributed by atoms with van der Waals surface area (Å²) in [7, 11) is 0. The van der Waals surface area contributed by atoms with Crippen LogP contribution in [0.3, 0.4) is 0 Å². The van der Waals surface area contributed by atoms with Crippen molar-refractivity contribution in [2.45, 2.75) is 19.9 Å². The van der Waals surface area contributed by atoms with Gasteiger partial charge in [0.1, 0.15) is 5.82 Å². The second-order valence-electron chi connectivity index (χ2n) is 7.62. The van der Waals surface area contributed by atoms with Crippen molar-refractivity contribution >= 4 is 22.7 Å². The van der Waals surface area contributed by atoms with E-state index in [-0.39, 0.29) is 35.9 Å². The normalized spacial score (nSPS) is 14.1. The SMILES string of the molecule is Cc1cccc2c(=O)n(CCC(=O)N3CCN(C(=O)c4ccccc4F)CC3)cnc12.